The summed E-state index contributed by atoms with van der Waals surface area (Å²) in [6, 6.07) is 8.51. The molecular weight excluding hydrogens is 356 g/mol. The molecule has 3 rings (SSSR count). The Morgan fingerprint density at radius 1 is 1.11 bits per heavy atom. The number of hydrogen-bond donors (Lipinski definition) is 1. The number of carbonyl (C=O) groups excluding carboxylic acids is 2. The summed E-state index contributed by atoms with van der Waals surface area (Å²) in [5, 5.41) is 8.00. The van der Waals surface area contributed by atoms with Gasteiger partial charge in [0, 0.05) is 17.4 Å². The third-order valence-electron chi connectivity index (χ3n) is 4.48. The fourth-order valence-corrected chi connectivity index (χ4v) is 2.90. The number of carbonyl (C=O) groups is 2. The zero-order chi connectivity index (χ0) is 20.4. The standard InChI is InChI=1S/C21H24N4O3/c1-12(2)18-10-16(17-11-22-25(13(3)4)19(17)24-18)20(26)23-15-8-6-14(7-9-15)21(27)28-5/h6-13H,1-5H3,(H,23,26). The molecule has 0 fully saturated rings. The van der Waals surface area contributed by atoms with E-state index in [9.17, 15) is 9.59 Å². The molecule has 7 nitrogen and oxygen atoms in total. The van der Waals surface area contributed by atoms with E-state index in [4.69, 9.17) is 4.98 Å². The molecule has 0 unspecified atom stereocenters. The van der Waals surface area contributed by atoms with Gasteiger partial charge in [0.05, 0.1) is 29.8 Å². The molecule has 2 heterocycles. The molecule has 7 heteroatoms. The molecule has 1 aromatic carbocycles. The molecule has 28 heavy (non-hydrogen) atoms. The van der Waals surface area contributed by atoms with Gasteiger partial charge in [-0.25, -0.2) is 14.5 Å². The highest BCUT2D eigenvalue weighted by Crippen LogP contribution is 2.25. The van der Waals surface area contributed by atoms with Crippen LogP contribution in [0.3, 0.4) is 0 Å². The zero-order valence-electron chi connectivity index (χ0n) is 16.7. The highest BCUT2D eigenvalue weighted by atomic mass is 16.5. The lowest BCUT2D eigenvalue weighted by molar-refractivity contribution is 0.0600. The first kappa shape index (κ1) is 19.5. The first-order valence-electron chi connectivity index (χ1n) is 9.19. The average molecular weight is 380 g/mol. The molecule has 146 valence electrons. The number of benzene rings is 1. The van der Waals surface area contributed by atoms with Crippen LogP contribution in [0.2, 0.25) is 0 Å². The Labute approximate surface area is 163 Å². The number of methoxy groups -OCH3 is 1. The number of pyridine rings is 1. The summed E-state index contributed by atoms with van der Waals surface area (Å²) < 4.78 is 6.51. The van der Waals surface area contributed by atoms with Crippen molar-refractivity contribution in [1.82, 2.24) is 14.8 Å². The third kappa shape index (κ3) is 3.74. The highest BCUT2D eigenvalue weighted by Gasteiger charge is 2.19. The van der Waals surface area contributed by atoms with Gasteiger partial charge in [-0.15, -0.1) is 0 Å². The molecular formula is C21H24N4O3. The van der Waals surface area contributed by atoms with Crippen LogP contribution in [0, 0.1) is 0 Å². The maximum atomic E-state index is 13.0. The number of hydrogen-bond acceptors (Lipinski definition) is 5. The number of esters is 1. The number of aromatic nitrogens is 3. The summed E-state index contributed by atoms with van der Waals surface area (Å²) in [7, 11) is 1.33. The summed E-state index contributed by atoms with van der Waals surface area (Å²) in [4.78, 5) is 29.3. The second-order valence-electron chi connectivity index (χ2n) is 7.19. The van der Waals surface area contributed by atoms with Crippen LogP contribution in [0.15, 0.2) is 36.5 Å². The predicted molar refractivity (Wildman–Crippen MR) is 108 cm³/mol. The third-order valence-corrected chi connectivity index (χ3v) is 4.48. The molecule has 0 saturated carbocycles. The van der Waals surface area contributed by atoms with Crippen molar-refractivity contribution in [2.75, 3.05) is 12.4 Å². The summed E-state index contributed by atoms with van der Waals surface area (Å²) >= 11 is 0. The second kappa shape index (κ2) is 7.80. The molecule has 1 N–H and O–H groups in total. The van der Waals surface area contributed by atoms with Gasteiger partial charge >= 0.3 is 5.97 Å². The lowest BCUT2D eigenvalue weighted by atomic mass is 10.0. The number of nitrogens with zero attached hydrogens (tertiary/aromatic N) is 3. The van der Waals surface area contributed by atoms with Gasteiger partial charge in [-0.1, -0.05) is 13.8 Å². The topological polar surface area (TPSA) is 86.1 Å². The number of ether oxygens (including phenoxy) is 1. The van der Waals surface area contributed by atoms with Gasteiger partial charge in [0.15, 0.2) is 5.65 Å². The van der Waals surface area contributed by atoms with E-state index in [-0.39, 0.29) is 17.9 Å². The van der Waals surface area contributed by atoms with Gasteiger partial charge in [0.2, 0.25) is 0 Å². The Morgan fingerprint density at radius 2 is 1.79 bits per heavy atom. The molecule has 0 atom stereocenters. The van der Waals surface area contributed by atoms with E-state index < -0.39 is 5.97 Å². The second-order valence-corrected chi connectivity index (χ2v) is 7.19. The molecule has 0 radical (unpaired) electrons. The van der Waals surface area contributed by atoms with Crippen LogP contribution in [0.1, 0.15) is 66.1 Å². The fraction of sp³-hybridized carbons (Fsp3) is 0.333. The van der Waals surface area contributed by atoms with Crippen LogP contribution in [-0.4, -0.2) is 33.8 Å². The summed E-state index contributed by atoms with van der Waals surface area (Å²) in [5.74, 6) is -0.495. The largest absolute Gasteiger partial charge is 0.465 e. The average Bonchev–Trinajstić information content (AvgIpc) is 3.11. The van der Waals surface area contributed by atoms with Crippen molar-refractivity contribution < 1.29 is 14.3 Å². The van der Waals surface area contributed by atoms with Gasteiger partial charge in [-0.2, -0.15) is 5.10 Å². The Kier molecular flexibility index (Phi) is 5.44. The SMILES string of the molecule is COC(=O)c1ccc(NC(=O)c2cc(C(C)C)nc3c2cnn3C(C)C)cc1. The van der Waals surface area contributed by atoms with Crippen LogP contribution in [0.4, 0.5) is 5.69 Å². The van der Waals surface area contributed by atoms with Crippen LogP contribution in [0.25, 0.3) is 11.0 Å². The Hall–Kier alpha value is -3.22. The van der Waals surface area contributed by atoms with Crippen LogP contribution in [0.5, 0.6) is 0 Å². The van der Waals surface area contributed by atoms with E-state index in [0.717, 1.165) is 5.69 Å². The quantitative estimate of drug-likeness (QED) is 0.671. The van der Waals surface area contributed by atoms with Crippen molar-refractivity contribution in [3.63, 3.8) is 0 Å². The summed E-state index contributed by atoms with van der Waals surface area (Å²) in [6.45, 7) is 8.13. The number of rotatable bonds is 5. The minimum absolute atomic E-state index is 0.134. The van der Waals surface area contributed by atoms with Gasteiger partial charge in [-0.05, 0) is 50.1 Å². The Balaban J connectivity index is 1.97. The smallest absolute Gasteiger partial charge is 0.337 e. The number of amides is 1. The molecule has 0 aliphatic carbocycles. The zero-order valence-corrected chi connectivity index (χ0v) is 16.7. The molecule has 0 saturated heterocycles. The number of nitrogens with one attached hydrogen (secondary N) is 1. The predicted octanol–water partition coefficient (Wildman–Crippen LogP) is 4.17. The van der Waals surface area contributed by atoms with Crippen LogP contribution < -0.4 is 5.32 Å². The van der Waals surface area contributed by atoms with Crippen molar-refractivity contribution in [2.45, 2.75) is 39.7 Å². The van der Waals surface area contributed by atoms with Crippen LogP contribution in [-0.2, 0) is 4.74 Å². The minimum Gasteiger partial charge on any atom is -0.465 e. The van der Waals surface area contributed by atoms with Gasteiger partial charge < -0.3 is 10.1 Å². The normalized spacial score (nSPS) is 11.2. The molecule has 2 aromatic heterocycles. The molecule has 0 spiro atoms. The monoisotopic (exact) mass is 380 g/mol. The van der Waals surface area contributed by atoms with E-state index in [0.29, 0.717) is 27.8 Å². The van der Waals surface area contributed by atoms with Crippen molar-refractivity contribution in [3.8, 4) is 0 Å². The van der Waals surface area contributed by atoms with Crippen molar-refractivity contribution in [1.29, 1.82) is 0 Å². The van der Waals surface area contributed by atoms with Gasteiger partial charge in [-0.3, -0.25) is 4.79 Å². The maximum Gasteiger partial charge on any atom is 0.337 e. The van der Waals surface area contributed by atoms with Gasteiger partial charge in [0.25, 0.3) is 5.91 Å². The van der Waals surface area contributed by atoms with Crippen molar-refractivity contribution >= 4 is 28.6 Å². The van der Waals surface area contributed by atoms with E-state index in [1.807, 2.05) is 38.4 Å². The molecule has 0 aliphatic rings. The lowest BCUT2D eigenvalue weighted by Crippen LogP contribution is -2.14. The van der Waals surface area contributed by atoms with Crippen molar-refractivity contribution in [2.24, 2.45) is 0 Å². The first-order chi connectivity index (χ1) is 13.3. The van der Waals surface area contributed by atoms with E-state index >= 15 is 0 Å². The molecule has 3 aromatic rings. The molecule has 0 bridgehead atoms. The van der Waals surface area contributed by atoms with Crippen molar-refractivity contribution in [3.05, 3.63) is 53.3 Å². The summed E-state index contributed by atoms with van der Waals surface area (Å²) in [6.07, 6.45) is 1.68. The maximum absolute atomic E-state index is 13.0. The lowest BCUT2D eigenvalue weighted by Gasteiger charge is -2.12. The van der Waals surface area contributed by atoms with Gasteiger partial charge in [0.1, 0.15) is 0 Å². The Morgan fingerprint density at radius 3 is 2.36 bits per heavy atom. The Bertz CT molecular complexity index is 1020. The van der Waals surface area contributed by atoms with Crippen LogP contribution >= 0.6 is 0 Å². The summed E-state index contributed by atoms with van der Waals surface area (Å²) in [5.41, 5.74) is 3.07. The van der Waals surface area contributed by atoms with E-state index in [2.05, 4.69) is 15.2 Å². The minimum atomic E-state index is -0.420. The fourth-order valence-electron chi connectivity index (χ4n) is 2.90. The first-order valence-corrected chi connectivity index (χ1v) is 9.19. The number of fused-ring (bicyclic) bond motifs is 1. The number of anilines is 1. The molecule has 1 amide bonds. The van der Waals surface area contributed by atoms with E-state index in [1.54, 1.807) is 30.5 Å². The molecule has 0 aliphatic heterocycles. The highest BCUT2D eigenvalue weighted by molar-refractivity contribution is 6.12. The van der Waals surface area contributed by atoms with E-state index in [1.165, 1.54) is 7.11 Å².